The molecular weight excluding hydrogens is 292 g/mol. The molecule has 0 unspecified atom stereocenters. The van der Waals surface area contributed by atoms with Gasteiger partial charge in [-0.25, -0.2) is 0 Å². The van der Waals surface area contributed by atoms with Crippen molar-refractivity contribution in [3.63, 3.8) is 0 Å². The molecule has 0 aliphatic carbocycles. The summed E-state index contributed by atoms with van der Waals surface area (Å²) in [6, 6.07) is 11.9. The van der Waals surface area contributed by atoms with Crippen molar-refractivity contribution in [2.24, 2.45) is 0 Å². The lowest BCUT2D eigenvalue weighted by Gasteiger charge is -2.06. The molecule has 18 heavy (non-hydrogen) atoms. The molecule has 0 saturated carbocycles. The number of para-hydroxylation sites is 1. The molecule has 0 atom stereocenters. The van der Waals surface area contributed by atoms with Gasteiger partial charge >= 0.3 is 0 Å². The molecule has 2 heterocycles. The van der Waals surface area contributed by atoms with Gasteiger partial charge in [-0.1, -0.05) is 18.2 Å². The number of rotatable bonds is 2. The molecule has 0 aliphatic heterocycles. The molecule has 3 rings (SSSR count). The molecule has 0 fully saturated rings. The second-order valence-corrected chi connectivity index (χ2v) is 4.67. The normalized spacial score (nSPS) is 10.5. The molecule has 2 aromatic heterocycles. The van der Waals surface area contributed by atoms with E-state index in [9.17, 15) is 0 Å². The van der Waals surface area contributed by atoms with E-state index in [2.05, 4.69) is 31.1 Å². The van der Waals surface area contributed by atoms with Gasteiger partial charge in [0.25, 0.3) is 0 Å². The van der Waals surface area contributed by atoms with Crippen LogP contribution in [0.5, 0.6) is 0 Å². The summed E-state index contributed by atoms with van der Waals surface area (Å²) in [6.45, 7) is 0. The van der Waals surface area contributed by atoms with Gasteiger partial charge in [0.2, 0.25) is 0 Å². The van der Waals surface area contributed by atoms with Crippen molar-refractivity contribution in [2.75, 3.05) is 0 Å². The van der Waals surface area contributed by atoms with Crippen molar-refractivity contribution < 1.29 is 0 Å². The summed E-state index contributed by atoms with van der Waals surface area (Å²) < 4.78 is 2.85. The minimum atomic E-state index is 0.773. The molecule has 1 aromatic carbocycles. The molecule has 0 amide bonds. The second kappa shape index (κ2) is 4.70. The highest BCUT2D eigenvalue weighted by atomic mass is 79.9. The summed E-state index contributed by atoms with van der Waals surface area (Å²) in [7, 11) is 0. The van der Waals surface area contributed by atoms with Crippen LogP contribution in [0.4, 0.5) is 0 Å². The van der Waals surface area contributed by atoms with Crippen LogP contribution in [0.1, 0.15) is 0 Å². The SMILES string of the molecule is Brc1cncc(-c2nncn2-c2ccccc2)c1. The third kappa shape index (κ3) is 2.04. The zero-order chi connectivity index (χ0) is 12.4. The Bertz CT molecular complexity index is 664. The lowest BCUT2D eigenvalue weighted by atomic mass is 10.2. The number of halogens is 1. The Morgan fingerprint density at radius 2 is 1.89 bits per heavy atom. The van der Waals surface area contributed by atoms with Gasteiger partial charge in [0.1, 0.15) is 6.33 Å². The first-order valence-corrected chi connectivity index (χ1v) is 6.20. The van der Waals surface area contributed by atoms with Gasteiger partial charge in [0, 0.05) is 28.1 Å². The monoisotopic (exact) mass is 300 g/mol. The van der Waals surface area contributed by atoms with Crippen LogP contribution in [0.2, 0.25) is 0 Å². The topological polar surface area (TPSA) is 43.6 Å². The van der Waals surface area contributed by atoms with Crippen LogP contribution >= 0.6 is 15.9 Å². The summed E-state index contributed by atoms with van der Waals surface area (Å²) >= 11 is 3.41. The van der Waals surface area contributed by atoms with Crippen molar-refractivity contribution >= 4 is 15.9 Å². The highest BCUT2D eigenvalue weighted by Gasteiger charge is 2.09. The Hall–Kier alpha value is -2.01. The first kappa shape index (κ1) is 11.1. The van der Waals surface area contributed by atoms with Crippen LogP contribution in [0.3, 0.4) is 0 Å². The number of hydrogen-bond acceptors (Lipinski definition) is 3. The maximum Gasteiger partial charge on any atom is 0.169 e. The number of aromatic nitrogens is 4. The van der Waals surface area contributed by atoms with Gasteiger partial charge in [-0.15, -0.1) is 10.2 Å². The zero-order valence-electron chi connectivity index (χ0n) is 9.36. The van der Waals surface area contributed by atoms with Gasteiger partial charge < -0.3 is 0 Å². The molecule has 0 spiro atoms. The van der Waals surface area contributed by atoms with Gasteiger partial charge in [-0.2, -0.15) is 0 Å². The van der Waals surface area contributed by atoms with Gasteiger partial charge in [-0.3, -0.25) is 9.55 Å². The van der Waals surface area contributed by atoms with Crippen LogP contribution in [-0.2, 0) is 0 Å². The number of nitrogens with zero attached hydrogens (tertiary/aromatic N) is 4. The Morgan fingerprint density at radius 1 is 1.06 bits per heavy atom. The molecule has 5 heteroatoms. The predicted octanol–water partition coefficient (Wildman–Crippen LogP) is 3.09. The minimum absolute atomic E-state index is 0.773. The van der Waals surface area contributed by atoms with Crippen molar-refractivity contribution in [2.45, 2.75) is 0 Å². The summed E-state index contributed by atoms with van der Waals surface area (Å²) in [4.78, 5) is 4.15. The molecule has 0 radical (unpaired) electrons. The van der Waals surface area contributed by atoms with E-state index in [-0.39, 0.29) is 0 Å². The molecule has 0 aliphatic rings. The van der Waals surface area contributed by atoms with E-state index in [0.29, 0.717) is 0 Å². The predicted molar refractivity (Wildman–Crippen MR) is 72.3 cm³/mol. The quantitative estimate of drug-likeness (QED) is 0.730. The van der Waals surface area contributed by atoms with Crippen LogP contribution in [-0.4, -0.2) is 19.7 Å². The lowest BCUT2D eigenvalue weighted by molar-refractivity contribution is 1.06. The fourth-order valence-electron chi connectivity index (χ4n) is 1.74. The van der Waals surface area contributed by atoms with Crippen molar-refractivity contribution in [1.82, 2.24) is 19.7 Å². The molecule has 0 bridgehead atoms. The Kier molecular flexibility index (Phi) is 2.90. The van der Waals surface area contributed by atoms with E-state index in [1.54, 1.807) is 18.7 Å². The van der Waals surface area contributed by atoms with Crippen molar-refractivity contribution in [1.29, 1.82) is 0 Å². The highest BCUT2D eigenvalue weighted by molar-refractivity contribution is 9.10. The third-order valence-electron chi connectivity index (χ3n) is 2.55. The smallest absolute Gasteiger partial charge is 0.169 e. The molecule has 3 aromatic rings. The van der Waals surface area contributed by atoms with E-state index in [1.165, 1.54) is 0 Å². The summed E-state index contributed by atoms with van der Waals surface area (Å²) in [5.74, 6) is 0.773. The van der Waals surface area contributed by atoms with Crippen LogP contribution in [0, 0.1) is 0 Å². The lowest BCUT2D eigenvalue weighted by Crippen LogP contribution is -1.96. The minimum Gasteiger partial charge on any atom is -0.282 e. The zero-order valence-corrected chi connectivity index (χ0v) is 10.9. The van der Waals surface area contributed by atoms with Crippen molar-refractivity contribution in [3.8, 4) is 17.1 Å². The standard InChI is InChI=1S/C13H9BrN4/c14-11-6-10(7-15-8-11)13-17-16-9-18(13)12-4-2-1-3-5-12/h1-9H. The van der Waals surface area contributed by atoms with E-state index in [4.69, 9.17) is 0 Å². The van der Waals surface area contributed by atoms with Crippen molar-refractivity contribution in [3.05, 3.63) is 59.6 Å². The average Bonchev–Trinajstić information content (AvgIpc) is 2.89. The summed E-state index contributed by atoms with van der Waals surface area (Å²) in [6.07, 6.45) is 5.21. The Morgan fingerprint density at radius 3 is 2.67 bits per heavy atom. The maximum absolute atomic E-state index is 4.16. The number of hydrogen-bond donors (Lipinski definition) is 0. The fourth-order valence-corrected chi connectivity index (χ4v) is 2.11. The van der Waals surface area contributed by atoms with Crippen LogP contribution < -0.4 is 0 Å². The molecule has 0 N–H and O–H groups in total. The van der Waals surface area contributed by atoms with Crippen LogP contribution in [0.25, 0.3) is 17.1 Å². The number of pyridine rings is 1. The van der Waals surface area contributed by atoms with E-state index < -0.39 is 0 Å². The third-order valence-corrected chi connectivity index (χ3v) is 2.98. The fraction of sp³-hybridized carbons (Fsp3) is 0. The summed E-state index contributed by atoms with van der Waals surface area (Å²) in [5.41, 5.74) is 1.95. The molecule has 4 nitrogen and oxygen atoms in total. The second-order valence-electron chi connectivity index (χ2n) is 3.75. The largest absolute Gasteiger partial charge is 0.282 e. The number of benzene rings is 1. The molecular formula is C13H9BrN4. The maximum atomic E-state index is 4.16. The summed E-state index contributed by atoms with van der Waals surface area (Å²) in [5, 5.41) is 8.13. The van der Waals surface area contributed by atoms with E-state index >= 15 is 0 Å². The first-order chi connectivity index (χ1) is 8.84. The van der Waals surface area contributed by atoms with Gasteiger partial charge in [0.05, 0.1) is 0 Å². The first-order valence-electron chi connectivity index (χ1n) is 5.41. The Balaban J connectivity index is 2.13. The van der Waals surface area contributed by atoms with Gasteiger partial charge in [-0.05, 0) is 34.1 Å². The van der Waals surface area contributed by atoms with E-state index in [0.717, 1.165) is 21.5 Å². The van der Waals surface area contributed by atoms with E-state index in [1.807, 2.05) is 41.0 Å². The van der Waals surface area contributed by atoms with Gasteiger partial charge in [0.15, 0.2) is 5.82 Å². The highest BCUT2D eigenvalue weighted by Crippen LogP contribution is 2.22. The average molecular weight is 301 g/mol. The Labute approximate surface area is 112 Å². The van der Waals surface area contributed by atoms with Crippen LogP contribution in [0.15, 0.2) is 59.6 Å². The molecule has 88 valence electrons. The molecule has 0 saturated heterocycles.